The van der Waals surface area contributed by atoms with Gasteiger partial charge in [0.1, 0.15) is 0 Å². The molecule has 0 aliphatic carbocycles. The molecule has 0 heterocycles. The van der Waals surface area contributed by atoms with Crippen LogP contribution in [0, 0.1) is 0 Å². The van der Waals surface area contributed by atoms with Gasteiger partial charge in [-0.3, -0.25) is 4.79 Å². The molecule has 1 atom stereocenters. The fourth-order valence-electron chi connectivity index (χ4n) is 3.07. The van der Waals surface area contributed by atoms with E-state index in [2.05, 4.69) is 48.5 Å². The van der Waals surface area contributed by atoms with Crippen molar-refractivity contribution in [2.24, 2.45) is 0 Å². The van der Waals surface area contributed by atoms with Crippen molar-refractivity contribution in [3.8, 4) is 0 Å². The number of hydrogen-bond acceptors (Lipinski definition) is 3. The van der Waals surface area contributed by atoms with E-state index in [4.69, 9.17) is 8.85 Å². The fourth-order valence-corrected chi connectivity index (χ4v) is 8.56. The van der Waals surface area contributed by atoms with E-state index in [0.29, 0.717) is 6.42 Å². The minimum absolute atomic E-state index is 0.00979. The Morgan fingerprint density at radius 3 is 1.59 bits per heavy atom. The zero-order valence-electron chi connectivity index (χ0n) is 16.0. The lowest BCUT2D eigenvalue weighted by atomic mass is 10.2. The Bertz CT molecular complexity index is 296. The summed E-state index contributed by atoms with van der Waals surface area (Å²) in [6.45, 7) is 15.3. The summed E-state index contributed by atoms with van der Waals surface area (Å²) in [5.74, 6) is -0.00979. The Balaban J connectivity index is 4.41. The van der Waals surface area contributed by atoms with Gasteiger partial charge in [-0.05, 0) is 49.6 Å². The Hall–Kier alpha value is -0.136. The van der Waals surface area contributed by atoms with E-state index >= 15 is 0 Å². The molecular weight excluding hydrogens is 308 g/mol. The van der Waals surface area contributed by atoms with Crippen molar-refractivity contribution in [2.75, 3.05) is 0 Å². The first-order valence-corrected chi connectivity index (χ1v) is 14.3. The monoisotopic (exact) mass is 346 g/mol. The quantitative estimate of drug-likeness (QED) is 0.424. The number of rotatable bonds is 12. The third kappa shape index (κ3) is 6.54. The molecule has 132 valence electrons. The second-order valence-corrected chi connectivity index (χ2v) is 15.8. The van der Waals surface area contributed by atoms with Crippen molar-refractivity contribution in [2.45, 2.75) is 104 Å². The van der Waals surface area contributed by atoms with Gasteiger partial charge in [-0.25, -0.2) is 0 Å². The molecule has 1 unspecified atom stereocenters. The summed E-state index contributed by atoms with van der Waals surface area (Å²) in [6.07, 6.45) is 1.45. The average molecular weight is 347 g/mol. The predicted molar refractivity (Wildman–Crippen MR) is 100 cm³/mol. The van der Waals surface area contributed by atoms with Crippen LogP contribution >= 0.6 is 0 Å². The summed E-state index contributed by atoms with van der Waals surface area (Å²) in [6, 6.07) is 6.55. The minimum Gasteiger partial charge on any atom is -0.519 e. The molecule has 0 rings (SSSR count). The Labute approximate surface area is 140 Å². The van der Waals surface area contributed by atoms with Crippen LogP contribution in [0.4, 0.5) is 0 Å². The van der Waals surface area contributed by atoms with Gasteiger partial charge in [-0.15, -0.1) is 0 Å². The molecule has 0 saturated heterocycles. The van der Waals surface area contributed by atoms with E-state index in [1.165, 1.54) is 0 Å². The second kappa shape index (κ2) is 10.6. The number of carbonyl (C=O) groups is 1. The predicted octanol–water partition coefficient (Wildman–Crippen LogP) is 5.73. The number of carbonyl (C=O) groups excluding carboxylic acids is 1. The highest BCUT2D eigenvalue weighted by molar-refractivity contribution is 6.75. The van der Waals surface area contributed by atoms with E-state index in [1.54, 1.807) is 0 Å². The smallest absolute Gasteiger partial charge is 0.292 e. The van der Waals surface area contributed by atoms with Crippen molar-refractivity contribution in [1.29, 1.82) is 0 Å². The van der Waals surface area contributed by atoms with Crippen LogP contribution in [0.25, 0.3) is 0 Å². The van der Waals surface area contributed by atoms with Crippen molar-refractivity contribution in [3.63, 3.8) is 0 Å². The van der Waals surface area contributed by atoms with Crippen molar-refractivity contribution in [3.05, 3.63) is 0 Å². The van der Waals surface area contributed by atoms with Crippen molar-refractivity contribution < 1.29 is 13.6 Å². The van der Waals surface area contributed by atoms with Gasteiger partial charge in [-0.1, -0.05) is 41.5 Å². The van der Waals surface area contributed by atoms with Gasteiger partial charge in [0.2, 0.25) is 0 Å². The lowest BCUT2D eigenvalue weighted by molar-refractivity contribution is -0.135. The zero-order valence-corrected chi connectivity index (χ0v) is 18.0. The normalized spacial score (nSPS) is 14.0. The summed E-state index contributed by atoms with van der Waals surface area (Å²) in [5, 5.41) is 0. The third-order valence-electron chi connectivity index (χ3n) is 5.40. The molecule has 0 aromatic rings. The molecule has 0 aliphatic rings. The highest BCUT2D eigenvalue weighted by Gasteiger charge is 2.33. The maximum Gasteiger partial charge on any atom is 0.292 e. The molecule has 0 bridgehead atoms. The van der Waals surface area contributed by atoms with Crippen LogP contribution in [0.1, 0.15) is 61.3 Å². The second-order valence-electron chi connectivity index (χ2n) is 6.43. The molecule has 0 amide bonds. The molecule has 0 radical (unpaired) electrons. The van der Waals surface area contributed by atoms with Crippen LogP contribution in [0.3, 0.4) is 0 Å². The van der Waals surface area contributed by atoms with Crippen LogP contribution in [-0.2, 0) is 13.6 Å². The molecule has 22 heavy (non-hydrogen) atoms. The minimum atomic E-state index is -1.80. The third-order valence-corrected chi connectivity index (χ3v) is 14.7. The van der Waals surface area contributed by atoms with E-state index in [0.717, 1.165) is 42.7 Å². The summed E-state index contributed by atoms with van der Waals surface area (Å²) in [5.41, 5.74) is 0. The van der Waals surface area contributed by atoms with E-state index in [1.807, 2.05) is 0 Å². The van der Waals surface area contributed by atoms with Gasteiger partial charge in [0.25, 0.3) is 14.3 Å². The molecule has 3 nitrogen and oxygen atoms in total. The van der Waals surface area contributed by atoms with Crippen molar-refractivity contribution >= 4 is 22.6 Å². The first-order valence-electron chi connectivity index (χ1n) is 9.26. The Kier molecular flexibility index (Phi) is 10.5. The zero-order chi connectivity index (χ0) is 17.2. The van der Waals surface area contributed by atoms with Gasteiger partial charge >= 0.3 is 0 Å². The maximum atomic E-state index is 12.2. The largest absolute Gasteiger partial charge is 0.519 e. The van der Waals surface area contributed by atoms with Gasteiger partial charge in [0.15, 0.2) is 8.32 Å². The summed E-state index contributed by atoms with van der Waals surface area (Å²) < 4.78 is 12.3. The molecule has 0 spiro atoms. The molecule has 5 heteroatoms. The average Bonchev–Trinajstić information content (AvgIpc) is 2.56. The fraction of sp³-hybridized carbons (Fsp3) is 0.941. The molecule has 0 N–H and O–H groups in total. The van der Waals surface area contributed by atoms with Crippen LogP contribution in [0.5, 0.6) is 0 Å². The van der Waals surface area contributed by atoms with Gasteiger partial charge in [0.05, 0.1) is 0 Å². The summed E-state index contributed by atoms with van der Waals surface area (Å²) in [4.78, 5) is 12.2. The van der Waals surface area contributed by atoms with Crippen LogP contribution in [-0.4, -0.2) is 28.7 Å². The summed E-state index contributed by atoms with van der Waals surface area (Å²) in [7, 11) is -3.37. The van der Waals surface area contributed by atoms with E-state index in [-0.39, 0.29) is 12.1 Å². The molecule has 0 aliphatic heterocycles. The first kappa shape index (κ1) is 21.9. The standard InChI is InChI=1S/C17H38O3Si2/c1-8-21(9-2,10-3)19-16(7)14-15-17(18)20-22(11-4,12-5)13-6/h16H,8-15H2,1-7H3. The molecule has 0 saturated carbocycles. The molecule has 0 aromatic heterocycles. The van der Waals surface area contributed by atoms with Crippen molar-refractivity contribution in [1.82, 2.24) is 0 Å². The van der Waals surface area contributed by atoms with Gasteiger partial charge in [-0.2, -0.15) is 0 Å². The van der Waals surface area contributed by atoms with Crippen LogP contribution in [0.15, 0.2) is 0 Å². The Morgan fingerprint density at radius 2 is 1.23 bits per heavy atom. The first-order chi connectivity index (χ1) is 10.4. The van der Waals surface area contributed by atoms with Gasteiger partial charge < -0.3 is 8.85 Å². The maximum absolute atomic E-state index is 12.2. The molecule has 0 fully saturated rings. The topological polar surface area (TPSA) is 35.5 Å². The lowest BCUT2D eigenvalue weighted by Gasteiger charge is -2.32. The SMILES string of the molecule is CC[Si](CC)(CC)OC(=O)CCC(C)O[Si](CC)(CC)CC. The highest BCUT2D eigenvalue weighted by Crippen LogP contribution is 2.26. The van der Waals surface area contributed by atoms with Crippen LogP contribution < -0.4 is 0 Å². The summed E-state index contributed by atoms with van der Waals surface area (Å²) >= 11 is 0. The van der Waals surface area contributed by atoms with E-state index in [9.17, 15) is 4.79 Å². The van der Waals surface area contributed by atoms with E-state index < -0.39 is 16.6 Å². The number of hydrogen-bond donors (Lipinski definition) is 0. The Morgan fingerprint density at radius 1 is 0.818 bits per heavy atom. The molecule has 0 aromatic carbocycles. The molecular formula is C17H38O3Si2. The van der Waals surface area contributed by atoms with Gasteiger partial charge in [0, 0.05) is 12.5 Å². The highest BCUT2D eigenvalue weighted by atomic mass is 28.4. The lowest BCUT2D eigenvalue weighted by Crippen LogP contribution is -2.40. The van der Waals surface area contributed by atoms with Crippen LogP contribution in [0.2, 0.25) is 36.3 Å².